The Morgan fingerprint density at radius 2 is 2.24 bits per heavy atom. The molecule has 1 nitrogen and oxygen atoms in total. The van der Waals surface area contributed by atoms with Gasteiger partial charge in [0.05, 0.1) is 5.02 Å². The predicted molar refractivity (Wildman–Crippen MR) is 72.9 cm³/mol. The minimum absolute atomic E-state index is 0.0816. The summed E-state index contributed by atoms with van der Waals surface area (Å²) in [5.74, 6) is 0.452. The van der Waals surface area contributed by atoms with Gasteiger partial charge in [0.2, 0.25) is 0 Å². The van der Waals surface area contributed by atoms with Crippen LogP contribution < -0.4 is 5.32 Å². The maximum absolute atomic E-state index is 14.1. The van der Waals surface area contributed by atoms with Crippen LogP contribution in [-0.4, -0.2) is 6.54 Å². The number of halogens is 3. The zero-order valence-electron chi connectivity index (χ0n) is 9.77. The van der Waals surface area contributed by atoms with E-state index in [-0.39, 0.29) is 16.9 Å². The largest absolute Gasteiger partial charge is 0.310 e. The molecule has 1 saturated carbocycles. The highest BCUT2D eigenvalue weighted by Gasteiger charge is 2.27. The SMILES string of the molecule is CCNC(CC1CC1)c1ccc(Br)c(Cl)c1F. The van der Waals surface area contributed by atoms with Crippen LogP contribution in [0.2, 0.25) is 5.02 Å². The van der Waals surface area contributed by atoms with Crippen LogP contribution in [0, 0.1) is 11.7 Å². The molecular formula is C13H16BrClFN. The third kappa shape index (κ3) is 3.21. The van der Waals surface area contributed by atoms with Crippen LogP contribution in [0.1, 0.15) is 37.8 Å². The number of nitrogens with one attached hydrogen (secondary N) is 1. The van der Waals surface area contributed by atoms with Crippen molar-refractivity contribution in [1.29, 1.82) is 0 Å². The van der Waals surface area contributed by atoms with Gasteiger partial charge in [0, 0.05) is 16.1 Å². The number of hydrogen-bond donors (Lipinski definition) is 1. The Hall–Kier alpha value is -0.120. The maximum Gasteiger partial charge on any atom is 0.147 e. The number of benzene rings is 1. The van der Waals surface area contributed by atoms with Gasteiger partial charge in [0.25, 0.3) is 0 Å². The molecule has 4 heteroatoms. The van der Waals surface area contributed by atoms with E-state index in [9.17, 15) is 4.39 Å². The molecule has 0 aromatic heterocycles. The Morgan fingerprint density at radius 1 is 1.53 bits per heavy atom. The lowest BCUT2D eigenvalue weighted by atomic mass is 10.0. The van der Waals surface area contributed by atoms with Gasteiger partial charge in [-0.1, -0.05) is 37.4 Å². The minimum Gasteiger partial charge on any atom is -0.310 e. The van der Waals surface area contributed by atoms with E-state index in [0.717, 1.165) is 18.9 Å². The van der Waals surface area contributed by atoms with Crippen molar-refractivity contribution in [3.05, 3.63) is 33.0 Å². The van der Waals surface area contributed by atoms with Crippen molar-refractivity contribution in [2.75, 3.05) is 6.54 Å². The summed E-state index contributed by atoms with van der Waals surface area (Å²) in [5, 5.41) is 3.53. The predicted octanol–water partition coefficient (Wildman–Crippen LogP) is 4.69. The van der Waals surface area contributed by atoms with Crippen LogP contribution in [0.25, 0.3) is 0 Å². The number of rotatable bonds is 5. The summed E-state index contributed by atoms with van der Waals surface area (Å²) in [6.45, 7) is 2.88. The summed E-state index contributed by atoms with van der Waals surface area (Å²) in [6, 6.07) is 3.72. The third-order valence-corrected chi connectivity index (χ3v) is 4.42. The summed E-state index contributed by atoms with van der Waals surface area (Å²) in [4.78, 5) is 0. The molecule has 0 spiro atoms. The van der Waals surface area contributed by atoms with Gasteiger partial charge < -0.3 is 5.32 Å². The quantitative estimate of drug-likeness (QED) is 0.776. The highest BCUT2D eigenvalue weighted by atomic mass is 79.9. The molecule has 1 aromatic rings. The summed E-state index contributed by atoms with van der Waals surface area (Å²) in [5.41, 5.74) is 0.687. The second-order valence-corrected chi connectivity index (χ2v) is 5.79. The molecule has 2 rings (SSSR count). The van der Waals surface area contributed by atoms with Crippen LogP contribution in [0.5, 0.6) is 0 Å². The fourth-order valence-electron chi connectivity index (χ4n) is 2.06. The molecular weight excluding hydrogens is 305 g/mol. The van der Waals surface area contributed by atoms with Crippen LogP contribution >= 0.6 is 27.5 Å². The molecule has 1 fully saturated rings. The van der Waals surface area contributed by atoms with Gasteiger partial charge in [-0.15, -0.1) is 0 Å². The second-order valence-electron chi connectivity index (χ2n) is 4.55. The molecule has 0 saturated heterocycles. The molecule has 0 radical (unpaired) electrons. The molecule has 17 heavy (non-hydrogen) atoms. The summed E-state index contributed by atoms with van der Waals surface area (Å²) in [6.07, 6.45) is 3.55. The Kier molecular flexibility index (Phi) is 4.45. The van der Waals surface area contributed by atoms with Crippen molar-refractivity contribution in [2.45, 2.75) is 32.2 Å². The van der Waals surface area contributed by atoms with Gasteiger partial charge in [-0.3, -0.25) is 0 Å². The maximum atomic E-state index is 14.1. The van der Waals surface area contributed by atoms with Crippen molar-refractivity contribution in [3.8, 4) is 0 Å². The van der Waals surface area contributed by atoms with Crippen molar-refractivity contribution in [2.24, 2.45) is 5.92 Å². The van der Waals surface area contributed by atoms with E-state index in [1.54, 1.807) is 0 Å². The lowest BCUT2D eigenvalue weighted by molar-refractivity contribution is 0.463. The normalized spacial score (nSPS) is 17.2. The van der Waals surface area contributed by atoms with Crippen LogP contribution in [0.15, 0.2) is 16.6 Å². The molecule has 1 unspecified atom stereocenters. The van der Waals surface area contributed by atoms with Gasteiger partial charge in [0.1, 0.15) is 5.82 Å². The molecule has 1 N–H and O–H groups in total. The van der Waals surface area contributed by atoms with Crippen molar-refractivity contribution < 1.29 is 4.39 Å². The van der Waals surface area contributed by atoms with E-state index < -0.39 is 0 Å². The summed E-state index contributed by atoms with van der Waals surface area (Å²) < 4.78 is 14.7. The molecule has 1 aliphatic carbocycles. The van der Waals surface area contributed by atoms with Gasteiger partial charge in [-0.2, -0.15) is 0 Å². The molecule has 1 aliphatic rings. The van der Waals surface area contributed by atoms with E-state index in [4.69, 9.17) is 11.6 Å². The molecule has 0 heterocycles. The summed E-state index contributed by atoms with van der Waals surface area (Å²) >= 11 is 9.17. The van der Waals surface area contributed by atoms with Crippen molar-refractivity contribution >= 4 is 27.5 Å². The monoisotopic (exact) mass is 319 g/mol. The van der Waals surface area contributed by atoms with Gasteiger partial charge in [-0.05, 0) is 40.9 Å². The molecule has 1 aromatic carbocycles. The van der Waals surface area contributed by atoms with Crippen LogP contribution in [-0.2, 0) is 0 Å². The average molecular weight is 321 g/mol. The van der Waals surface area contributed by atoms with E-state index in [2.05, 4.69) is 21.2 Å². The highest BCUT2D eigenvalue weighted by molar-refractivity contribution is 9.10. The molecule has 94 valence electrons. The standard InChI is InChI=1S/C13H16BrClFN/c1-2-17-11(7-8-3-4-8)9-5-6-10(14)12(15)13(9)16/h5-6,8,11,17H,2-4,7H2,1H3. The molecule has 0 aliphatic heterocycles. The topological polar surface area (TPSA) is 12.0 Å². The second kappa shape index (κ2) is 5.68. The number of hydrogen-bond acceptors (Lipinski definition) is 1. The Bertz CT molecular complexity index is 407. The van der Waals surface area contributed by atoms with Crippen LogP contribution in [0.3, 0.4) is 0 Å². The Labute approximate surface area is 115 Å². The highest BCUT2D eigenvalue weighted by Crippen LogP contribution is 2.39. The first-order valence-corrected chi connectivity index (χ1v) is 7.17. The van der Waals surface area contributed by atoms with Crippen molar-refractivity contribution in [3.63, 3.8) is 0 Å². The minimum atomic E-state index is -0.298. The third-order valence-electron chi connectivity index (χ3n) is 3.16. The van der Waals surface area contributed by atoms with E-state index in [0.29, 0.717) is 10.0 Å². The van der Waals surface area contributed by atoms with E-state index >= 15 is 0 Å². The fraction of sp³-hybridized carbons (Fsp3) is 0.538. The first-order chi connectivity index (χ1) is 8.13. The van der Waals surface area contributed by atoms with E-state index in [1.807, 2.05) is 19.1 Å². The Morgan fingerprint density at radius 3 is 2.82 bits per heavy atom. The van der Waals surface area contributed by atoms with Gasteiger partial charge in [0.15, 0.2) is 0 Å². The fourth-order valence-corrected chi connectivity index (χ4v) is 2.54. The van der Waals surface area contributed by atoms with Crippen LogP contribution in [0.4, 0.5) is 4.39 Å². The van der Waals surface area contributed by atoms with Gasteiger partial charge >= 0.3 is 0 Å². The molecule has 1 atom stereocenters. The smallest absolute Gasteiger partial charge is 0.147 e. The summed E-state index contributed by atoms with van der Waals surface area (Å²) in [7, 11) is 0. The average Bonchev–Trinajstić information content (AvgIpc) is 3.10. The Balaban J connectivity index is 2.24. The van der Waals surface area contributed by atoms with Gasteiger partial charge in [-0.25, -0.2) is 4.39 Å². The first-order valence-electron chi connectivity index (χ1n) is 6.00. The lowest BCUT2D eigenvalue weighted by Gasteiger charge is -2.19. The first kappa shape index (κ1) is 13.3. The molecule has 0 bridgehead atoms. The lowest BCUT2D eigenvalue weighted by Crippen LogP contribution is -2.22. The zero-order valence-corrected chi connectivity index (χ0v) is 12.1. The van der Waals surface area contributed by atoms with E-state index in [1.165, 1.54) is 12.8 Å². The van der Waals surface area contributed by atoms with Crippen molar-refractivity contribution in [1.82, 2.24) is 5.32 Å². The zero-order chi connectivity index (χ0) is 12.4. The molecule has 0 amide bonds.